The van der Waals surface area contributed by atoms with Crippen molar-refractivity contribution in [3.8, 4) is 0 Å². The molecule has 0 radical (unpaired) electrons. The predicted octanol–water partition coefficient (Wildman–Crippen LogP) is 2.19. The maximum Gasteiger partial charge on any atom is 0.222 e. The minimum absolute atomic E-state index is 0.402. The Kier molecular flexibility index (Phi) is 2.56. The van der Waals surface area contributed by atoms with Crippen LogP contribution in [-0.2, 0) is 4.79 Å². The van der Waals surface area contributed by atoms with E-state index in [-0.39, 0.29) is 0 Å². The molecule has 0 unspecified atom stereocenters. The average molecular weight is 181 g/mol. The Bertz CT molecular complexity index is 202. The number of carbonyl (C=O) groups is 1. The van der Waals surface area contributed by atoms with Gasteiger partial charge in [0.15, 0.2) is 0 Å². The molecule has 0 bridgehead atoms. The van der Waals surface area contributed by atoms with Crippen molar-refractivity contribution in [3.63, 3.8) is 0 Å². The molecule has 0 spiro atoms. The first-order chi connectivity index (χ1) is 6.29. The van der Waals surface area contributed by atoms with Crippen molar-refractivity contribution in [2.45, 2.75) is 51.5 Å². The van der Waals surface area contributed by atoms with E-state index >= 15 is 0 Å². The van der Waals surface area contributed by atoms with E-state index in [0.29, 0.717) is 11.9 Å². The molecule has 1 saturated carbocycles. The minimum Gasteiger partial charge on any atom is -0.339 e. The normalized spacial score (nSPS) is 35.5. The summed E-state index contributed by atoms with van der Waals surface area (Å²) in [7, 11) is 0. The fourth-order valence-electron chi connectivity index (χ4n) is 2.78. The third-order valence-corrected chi connectivity index (χ3v) is 3.58. The first-order valence-electron chi connectivity index (χ1n) is 5.58. The van der Waals surface area contributed by atoms with Crippen molar-refractivity contribution < 1.29 is 4.79 Å². The summed E-state index contributed by atoms with van der Waals surface area (Å²) in [5, 5.41) is 0. The summed E-state index contributed by atoms with van der Waals surface area (Å²) >= 11 is 0. The largest absolute Gasteiger partial charge is 0.339 e. The van der Waals surface area contributed by atoms with Gasteiger partial charge in [0.05, 0.1) is 0 Å². The number of carbonyl (C=O) groups excluding carboxylic acids is 1. The number of amides is 1. The number of nitrogens with zero attached hydrogens (tertiary/aromatic N) is 1. The maximum absolute atomic E-state index is 11.5. The van der Waals surface area contributed by atoms with E-state index in [9.17, 15) is 4.79 Å². The third-order valence-electron chi connectivity index (χ3n) is 3.58. The average Bonchev–Trinajstić information content (AvgIpc) is 2.52. The summed E-state index contributed by atoms with van der Waals surface area (Å²) in [6.07, 6.45) is 7.12. The fourth-order valence-corrected chi connectivity index (χ4v) is 2.78. The van der Waals surface area contributed by atoms with Crippen LogP contribution in [0.5, 0.6) is 0 Å². The van der Waals surface area contributed by atoms with Crippen LogP contribution in [0.4, 0.5) is 0 Å². The molecule has 0 aromatic heterocycles. The number of hydrogen-bond donors (Lipinski definition) is 0. The lowest BCUT2D eigenvalue weighted by molar-refractivity contribution is -0.131. The molecule has 1 heterocycles. The number of rotatable bonds is 1. The van der Waals surface area contributed by atoms with Gasteiger partial charge in [-0.2, -0.15) is 0 Å². The van der Waals surface area contributed by atoms with Crippen molar-refractivity contribution in [2.75, 3.05) is 6.54 Å². The number of likely N-dealkylation sites (tertiary alicyclic amines) is 1. The van der Waals surface area contributed by atoms with Gasteiger partial charge in [-0.25, -0.2) is 0 Å². The molecule has 2 rings (SSSR count). The molecule has 1 saturated heterocycles. The lowest BCUT2D eigenvalue weighted by Gasteiger charge is -2.36. The van der Waals surface area contributed by atoms with E-state index in [1.54, 1.807) is 0 Å². The van der Waals surface area contributed by atoms with Crippen molar-refractivity contribution in [1.82, 2.24) is 4.90 Å². The van der Waals surface area contributed by atoms with Gasteiger partial charge in [-0.05, 0) is 25.2 Å². The molecule has 1 amide bonds. The maximum atomic E-state index is 11.5. The highest BCUT2D eigenvalue weighted by Crippen LogP contribution is 2.30. The predicted molar refractivity (Wildman–Crippen MR) is 52.4 cm³/mol. The van der Waals surface area contributed by atoms with Crippen molar-refractivity contribution in [2.24, 2.45) is 5.92 Å². The van der Waals surface area contributed by atoms with Crippen molar-refractivity contribution in [3.05, 3.63) is 0 Å². The van der Waals surface area contributed by atoms with Crippen LogP contribution in [-0.4, -0.2) is 23.4 Å². The van der Waals surface area contributed by atoms with E-state index in [0.717, 1.165) is 25.3 Å². The summed E-state index contributed by atoms with van der Waals surface area (Å²) in [4.78, 5) is 13.7. The highest BCUT2D eigenvalue weighted by molar-refractivity contribution is 5.78. The van der Waals surface area contributed by atoms with E-state index in [1.807, 2.05) is 0 Å². The molecule has 1 aliphatic heterocycles. The van der Waals surface area contributed by atoms with Gasteiger partial charge >= 0.3 is 0 Å². The van der Waals surface area contributed by atoms with Gasteiger partial charge in [0, 0.05) is 19.0 Å². The van der Waals surface area contributed by atoms with Crippen molar-refractivity contribution in [1.29, 1.82) is 0 Å². The second-order valence-electron chi connectivity index (χ2n) is 4.52. The molecule has 2 atom stereocenters. The zero-order valence-corrected chi connectivity index (χ0v) is 8.46. The van der Waals surface area contributed by atoms with E-state index in [4.69, 9.17) is 0 Å². The van der Waals surface area contributed by atoms with Gasteiger partial charge in [-0.3, -0.25) is 4.79 Å². The molecule has 0 aromatic carbocycles. The molecule has 0 N–H and O–H groups in total. The highest BCUT2D eigenvalue weighted by atomic mass is 16.2. The lowest BCUT2D eigenvalue weighted by Crippen LogP contribution is -2.42. The van der Waals surface area contributed by atoms with Gasteiger partial charge in [0.1, 0.15) is 0 Å². The van der Waals surface area contributed by atoms with Gasteiger partial charge in [-0.15, -0.1) is 0 Å². The molecule has 0 aromatic rings. The zero-order chi connectivity index (χ0) is 9.26. The van der Waals surface area contributed by atoms with Crippen molar-refractivity contribution >= 4 is 5.91 Å². The SMILES string of the molecule is C[C@@H]1CCCC[C@@H]1N1CCCC1=O. The molecule has 2 heteroatoms. The molecular weight excluding hydrogens is 162 g/mol. The fraction of sp³-hybridized carbons (Fsp3) is 0.909. The van der Waals surface area contributed by atoms with Crippen LogP contribution in [0.2, 0.25) is 0 Å². The quantitative estimate of drug-likeness (QED) is 0.607. The molecule has 1 aliphatic carbocycles. The topological polar surface area (TPSA) is 20.3 Å². The second-order valence-corrected chi connectivity index (χ2v) is 4.52. The van der Waals surface area contributed by atoms with Gasteiger partial charge in [0.25, 0.3) is 0 Å². The Balaban J connectivity index is 2.01. The molecule has 2 fully saturated rings. The Morgan fingerprint density at radius 1 is 1.23 bits per heavy atom. The van der Waals surface area contributed by atoms with Crippen LogP contribution in [0, 0.1) is 5.92 Å². The smallest absolute Gasteiger partial charge is 0.222 e. The summed E-state index contributed by atoms with van der Waals surface area (Å²) in [5.41, 5.74) is 0. The molecule has 2 aliphatic rings. The van der Waals surface area contributed by atoms with Crippen LogP contribution in [0.3, 0.4) is 0 Å². The van der Waals surface area contributed by atoms with Crippen LogP contribution < -0.4 is 0 Å². The van der Waals surface area contributed by atoms with E-state index in [1.165, 1.54) is 25.7 Å². The van der Waals surface area contributed by atoms with Gasteiger partial charge in [0.2, 0.25) is 5.91 Å². The van der Waals surface area contributed by atoms with Crippen LogP contribution in [0.25, 0.3) is 0 Å². The molecular formula is C11H19NO. The zero-order valence-electron chi connectivity index (χ0n) is 8.46. The van der Waals surface area contributed by atoms with Crippen LogP contribution in [0.15, 0.2) is 0 Å². The van der Waals surface area contributed by atoms with Gasteiger partial charge < -0.3 is 4.90 Å². The summed E-state index contributed by atoms with van der Waals surface area (Å²) in [6.45, 7) is 3.32. The Morgan fingerprint density at radius 3 is 2.62 bits per heavy atom. The van der Waals surface area contributed by atoms with E-state index < -0.39 is 0 Å². The monoisotopic (exact) mass is 181 g/mol. The minimum atomic E-state index is 0.402. The molecule has 13 heavy (non-hydrogen) atoms. The van der Waals surface area contributed by atoms with Crippen LogP contribution >= 0.6 is 0 Å². The lowest BCUT2D eigenvalue weighted by atomic mass is 9.85. The van der Waals surface area contributed by atoms with Gasteiger partial charge in [-0.1, -0.05) is 19.8 Å². The summed E-state index contributed by atoms with van der Waals surface area (Å²) in [5.74, 6) is 1.13. The van der Waals surface area contributed by atoms with Crippen LogP contribution in [0.1, 0.15) is 45.4 Å². The summed E-state index contributed by atoms with van der Waals surface area (Å²) < 4.78 is 0. The Labute approximate surface area is 80.3 Å². The molecule has 2 nitrogen and oxygen atoms in total. The first kappa shape index (κ1) is 9.04. The Morgan fingerprint density at radius 2 is 2.00 bits per heavy atom. The highest BCUT2D eigenvalue weighted by Gasteiger charge is 2.32. The standard InChI is InChI=1S/C11H19NO/c1-9-5-2-3-6-10(9)12-8-4-7-11(12)13/h9-10H,2-8H2,1H3/t9-,10+/m1/s1. The van der Waals surface area contributed by atoms with E-state index in [2.05, 4.69) is 11.8 Å². The molecule has 74 valence electrons. The summed E-state index contributed by atoms with van der Waals surface area (Å²) in [6, 6.07) is 0.573. The Hall–Kier alpha value is -0.530. The third kappa shape index (κ3) is 1.72. The first-order valence-corrected chi connectivity index (χ1v) is 5.58. The number of hydrogen-bond acceptors (Lipinski definition) is 1. The second kappa shape index (κ2) is 3.69.